The molecule has 6 heteroatoms. The molecule has 1 heterocycles. The second-order valence-electron chi connectivity index (χ2n) is 5.54. The van der Waals surface area contributed by atoms with Gasteiger partial charge < -0.3 is 4.52 Å². The molecule has 0 unspecified atom stereocenters. The maximum atomic E-state index is 14.0. The van der Waals surface area contributed by atoms with Crippen LogP contribution in [0.4, 0.5) is 4.39 Å². The van der Waals surface area contributed by atoms with Gasteiger partial charge >= 0.3 is 0 Å². The van der Waals surface area contributed by atoms with E-state index in [1.165, 1.54) is 6.07 Å². The zero-order valence-electron chi connectivity index (χ0n) is 12.4. The monoisotopic (exact) mass is 300 g/mol. The first-order chi connectivity index (χ1) is 10.7. The van der Waals surface area contributed by atoms with E-state index in [-0.39, 0.29) is 5.82 Å². The van der Waals surface area contributed by atoms with Crippen LogP contribution in [0.5, 0.6) is 0 Å². The normalized spacial score (nSPS) is 14.3. The summed E-state index contributed by atoms with van der Waals surface area (Å²) in [5.74, 6) is 1.44. The van der Waals surface area contributed by atoms with E-state index in [1.54, 1.807) is 12.1 Å². The van der Waals surface area contributed by atoms with Crippen LogP contribution in [0.25, 0.3) is 0 Å². The molecule has 114 valence electrons. The second kappa shape index (κ2) is 6.24. The highest BCUT2D eigenvalue weighted by atomic mass is 19.1. The van der Waals surface area contributed by atoms with Crippen LogP contribution in [-0.2, 0) is 13.1 Å². The zero-order chi connectivity index (χ0) is 15.5. The minimum Gasteiger partial charge on any atom is -0.339 e. The molecule has 1 aromatic carbocycles. The van der Waals surface area contributed by atoms with Gasteiger partial charge in [-0.2, -0.15) is 10.2 Å². The lowest BCUT2D eigenvalue weighted by Crippen LogP contribution is -2.23. The van der Waals surface area contributed by atoms with Crippen LogP contribution in [-0.4, -0.2) is 21.6 Å². The molecular formula is C16H17FN4O. The summed E-state index contributed by atoms with van der Waals surface area (Å²) < 4.78 is 19.2. The summed E-state index contributed by atoms with van der Waals surface area (Å²) in [6.07, 6.45) is 2.24. The largest absolute Gasteiger partial charge is 0.339 e. The fourth-order valence-corrected chi connectivity index (χ4v) is 2.29. The van der Waals surface area contributed by atoms with Crippen molar-refractivity contribution in [3.8, 4) is 6.07 Å². The lowest BCUT2D eigenvalue weighted by atomic mass is 10.1. The van der Waals surface area contributed by atoms with Crippen LogP contribution in [0.15, 0.2) is 22.7 Å². The summed E-state index contributed by atoms with van der Waals surface area (Å²) >= 11 is 0. The number of rotatable bonds is 6. The average molecular weight is 300 g/mol. The molecule has 0 N–H and O–H groups in total. The fourth-order valence-electron chi connectivity index (χ4n) is 2.29. The Morgan fingerprint density at radius 3 is 2.86 bits per heavy atom. The van der Waals surface area contributed by atoms with Gasteiger partial charge in [0.1, 0.15) is 5.82 Å². The first kappa shape index (κ1) is 14.7. The SMILES string of the molecule is CCN(Cc1noc(C2CC2)n1)Cc1ccc(C#N)cc1F. The van der Waals surface area contributed by atoms with Gasteiger partial charge in [0.25, 0.3) is 0 Å². The van der Waals surface area contributed by atoms with Crippen molar-refractivity contribution < 1.29 is 8.91 Å². The summed E-state index contributed by atoms with van der Waals surface area (Å²) in [6, 6.07) is 6.49. The molecule has 1 saturated carbocycles. The van der Waals surface area contributed by atoms with Crippen LogP contribution in [0.1, 0.15) is 48.5 Å². The first-order valence-electron chi connectivity index (χ1n) is 7.43. The molecule has 22 heavy (non-hydrogen) atoms. The van der Waals surface area contributed by atoms with Crippen molar-refractivity contribution in [2.45, 2.75) is 38.8 Å². The lowest BCUT2D eigenvalue weighted by Gasteiger charge is -2.18. The van der Waals surface area contributed by atoms with Gasteiger partial charge in [0.2, 0.25) is 5.89 Å². The summed E-state index contributed by atoms with van der Waals surface area (Å²) in [5.41, 5.74) is 0.892. The highest BCUT2D eigenvalue weighted by molar-refractivity contribution is 5.32. The van der Waals surface area contributed by atoms with Gasteiger partial charge in [0.15, 0.2) is 5.82 Å². The van der Waals surface area contributed by atoms with Gasteiger partial charge in [-0.05, 0) is 31.5 Å². The molecule has 1 fully saturated rings. The van der Waals surface area contributed by atoms with Crippen LogP contribution < -0.4 is 0 Å². The Morgan fingerprint density at radius 1 is 1.41 bits per heavy atom. The van der Waals surface area contributed by atoms with Crippen LogP contribution in [0.2, 0.25) is 0 Å². The van der Waals surface area contributed by atoms with E-state index in [0.717, 1.165) is 25.3 Å². The minimum absolute atomic E-state index is 0.330. The molecule has 3 rings (SSSR count). The van der Waals surface area contributed by atoms with Gasteiger partial charge in [-0.3, -0.25) is 4.90 Å². The van der Waals surface area contributed by atoms with E-state index < -0.39 is 0 Å². The summed E-state index contributed by atoms with van der Waals surface area (Å²) in [7, 11) is 0. The molecule has 0 atom stereocenters. The molecule has 2 aromatic rings. The third-order valence-corrected chi connectivity index (χ3v) is 3.80. The molecule has 1 aliphatic rings. The number of hydrogen-bond donors (Lipinski definition) is 0. The third kappa shape index (κ3) is 3.31. The van der Waals surface area contributed by atoms with E-state index in [1.807, 2.05) is 17.9 Å². The summed E-state index contributed by atoms with van der Waals surface area (Å²) in [6.45, 7) is 3.71. The third-order valence-electron chi connectivity index (χ3n) is 3.80. The summed E-state index contributed by atoms with van der Waals surface area (Å²) in [5, 5.41) is 12.8. The van der Waals surface area contributed by atoms with E-state index in [9.17, 15) is 4.39 Å². The lowest BCUT2D eigenvalue weighted by molar-refractivity contribution is 0.255. The summed E-state index contributed by atoms with van der Waals surface area (Å²) in [4.78, 5) is 6.43. The standard InChI is InChI=1S/C16H17FN4O/c1-2-21(9-13-4-3-11(8-18)7-14(13)17)10-15-19-16(22-20-15)12-5-6-12/h3-4,7,12H,2,5-6,9-10H2,1H3. The number of nitrogens with zero attached hydrogens (tertiary/aromatic N) is 4. The van der Waals surface area contributed by atoms with Gasteiger partial charge in [-0.25, -0.2) is 4.39 Å². The maximum Gasteiger partial charge on any atom is 0.229 e. The molecule has 0 radical (unpaired) electrons. The van der Waals surface area contributed by atoms with Gasteiger partial charge in [-0.15, -0.1) is 0 Å². The Morgan fingerprint density at radius 2 is 2.23 bits per heavy atom. The molecule has 0 bridgehead atoms. The Labute approximate surface area is 128 Å². The number of hydrogen-bond acceptors (Lipinski definition) is 5. The van der Waals surface area contributed by atoms with Crippen molar-refractivity contribution in [1.29, 1.82) is 5.26 Å². The number of aromatic nitrogens is 2. The fraction of sp³-hybridized carbons (Fsp3) is 0.438. The average Bonchev–Trinajstić information content (AvgIpc) is 3.28. The number of halogens is 1. The van der Waals surface area contributed by atoms with Crippen molar-refractivity contribution in [3.63, 3.8) is 0 Å². The Bertz CT molecular complexity index is 702. The highest BCUT2D eigenvalue weighted by Gasteiger charge is 2.29. The van der Waals surface area contributed by atoms with Crippen molar-refractivity contribution in [1.82, 2.24) is 15.0 Å². The van der Waals surface area contributed by atoms with Crippen LogP contribution >= 0.6 is 0 Å². The van der Waals surface area contributed by atoms with Gasteiger partial charge in [-0.1, -0.05) is 18.1 Å². The van der Waals surface area contributed by atoms with Crippen molar-refractivity contribution in [2.24, 2.45) is 0 Å². The molecule has 0 saturated heterocycles. The van der Waals surface area contributed by atoms with Gasteiger partial charge in [0.05, 0.1) is 18.2 Å². The predicted octanol–water partition coefficient (Wildman–Crippen LogP) is 2.98. The second-order valence-corrected chi connectivity index (χ2v) is 5.54. The zero-order valence-corrected chi connectivity index (χ0v) is 12.4. The van der Waals surface area contributed by atoms with Crippen molar-refractivity contribution in [3.05, 3.63) is 46.9 Å². The van der Waals surface area contributed by atoms with E-state index in [2.05, 4.69) is 10.1 Å². The van der Waals surface area contributed by atoms with Crippen molar-refractivity contribution in [2.75, 3.05) is 6.54 Å². The topological polar surface area (TPSA) is 66.0 Å². The molecular weight excluding hydrogens is 283 g/mol. The van der Waals surface area contributed by atoms with Crippen LogP contribution in [0.3, 0.4) is 0 Å². The van der Waals surface area contributed by atoms with Crippen molar-refractivity contribution >= 4 is 0 Å². The molecule has 1 aromatic heterocycles. The van der Waals surface area contributed by atoms with E-state index >= 15 is 0 Å². The molecule has 1 aliphatic carbocycles. The smallest absolute Gasteiger partial charge is 0.229 e. The molecule has 0 aliphatic heterocycles. The first-order valence-corrected chi connectivity index (χ1v) is 7.43. The Balaban J connectivity index is 1.67. The Hall–Kier alpha value is -2.26. The van der Waals surface area contributed by atoms with Crippen LogP contribution in [0, 0.1) is 17.1 Å². The molecule has 0 amide bonds. The quantitative estimate of drug-likeness (QED) is 0.820. The predicted molar refractivity (Wildman–Crippen MR) is 77.2 cm³/mol. The van der Waals surface area contributed by atoms with E-state index in [4.69, 9.17) is 9.78 Å². The molecule has 0 spiro atoms. The van der Waals surface area contributed by atoms with E-state index in [0.29, 0.717) is 36.0 Å². The Kier molecular flexibility index (Phi) is 4.16. The van der Waals surface area contributed by atoms with Gasteiger partial charge in [0, 0.05) is 18.0 Å². The molecule has 5 nitrogen and oxygen atoms in total. The number of benzene rings is 1. The minimum atomic E-state index is -0.357. The highest BCUT2D eigenvalue weighted by Crippen LogP contribution is 2.38. The number of nitriles is 1. The maximum absolute atomic E-state index is 14.0.